The van der Waals surface area contributed by atoms with Crippen molar-refractivity contribution in [2.45, 2.75) is 85.5 Å². The monoisotopic (exact) mass is 622 g/mol. The number of ether oxygens (including phenoxy) is 1. The number of anilines is 2. The highest BCUT2D eigenvalue weighted by Gasteiger charge is 2.31. The number of amides is 1. The molecule has 1 aliphatic heterocycles. The number of aromatic nitrogens is 2. The maximum Gasteiger partial charge on any atom is 0.416 e. The van der Waals surface area contributed by atoms with Gasteiger partial charge in [-0.2, -0.15) is 13.2 Å². The Bertz CT molecular complexity index is 1330. The van der Waals surface area contributed by atoms with Gasteiger partial charge >= 0.3 is 6.18 Å². The van der Waals surface area contributed by atoms with Gasteiger partial charge in [0.2, 0.25) is 5.28 Å². The van der Waals surface area contributed by atoms with E-state index in [9.17, 15) is 18.0 Å². The van der Waals surface area contributed by atoms with Gasteiger partial charge in [0, 0.05) is 36.5 Å². The number of halogens is 4. The number of unbranched alkanes of at least 4 members (excludes halogenated alkanes) is 1. The summed E-state index contributed by atoms with van der Waals surface area (Å²) in [5.74, 6) is 0.887. The van der Waals surface area contributed by atoms with Crippen molar-refractivity contribution in [3.63, 3.8) is 0 Å². The summed E-state index contributed by atoms with van der Waals surface area (Å²) in [5, 5.41) is 3.40. The zero-order chi connectivity index (χ0) is 32.2. The summed E-state index contributed by atoms with van der Waals surface area (Å²) in [6.45, 7) is 10.4. The molecule has 1 aromatic carbocycles. The smallest absolute Gasteiger partial charge is 0.416 e. The van der Waals surface area contributed by atoms with Crippen LogP contribution in [0.25, 0.3) is 0 Å². The second kappa shape index (κ2) is 16.9. The zero-order valence-electron chi connectivity index (χ0n) is 25.7. The van der Waals surface area contributed by atoms with E-state index in [1.165, 1.54) is 12.3 Å². The molecule has 3 N–H and O–H groups in total. The number of benzene rings is 1. The van der Waals surface area contributed by atoms with Crippen molar-refractivity contribution in [2.75, 3.05) is 24.7 Å². The Hall–Kier alpha value is -3.60. The molecule has 1 aliphatic rings. The molecule has 2 aromatic rings. The molecule has 0 saturated heterocycles. The molecule has 0 fully saturated rings. The number of aliphatic imine (C=N–C) groups is 1. The summed E-state index contributed by atoms with van der Waals surface area (Å²) >= 11 is 6.24. The molecule has 1 atom stereocenters. The Labute approximate surface area is 257 Å². The van der Waals surface area contributed by atoms with Crippen LogP contribution in [-0.2, 0) is 35.1 Å². The lowest BCUT2D eigenvalue weighted by Crippen LogP contribution is -2.38. The number of nitrogens with one attached hydrogen (secondary N) is 1. The highest BCUT2D eigenvalue weighted by atomic mass is 35.5. The maximum atomic E-state index is 13.5. The van der Waals surface area contributed by atoms with Gasteiger partial charge in [0.05, 0.1) is 36.7 Å². The van der Waals surface area contributed by atoms with E-state index in [0.717, 1.165) is 29.8 Å². The van der Waals surface area contributed by atoms with Crippen molar-refractivity contribution in [1.29, 1.82) is 0 Å². The van der Waals surface area contributed by atoms with E-state index in [1.54, 1.807) is 25.1 Å². The third kappa shape index (κ3) is 10.6. The molecule has 3 rings (SSSR count). The topological polar surface area (TPSA) is 106 Å². The number of carbonyl (C=O) groups is 1. The fourth-order valence-corrected chi connectivity index (χ4v) is 4.59. The van der Waals surface area contributed by atoms with E-state index in [0.29, 0.717) is 48.5 Å². The van der Waals surface area contributed by atoms with E-state index in [1.807, 2.05) is 33.8 Å². The zero-order valence-corrected chi connectivity index (χ0v) is 26.4. The molecule has 2 heterocycles. The summed E-state index contributed by atoms with van der Waals surface area (Å²) in [7, 11) is 1.55. The number of carbonyl (C=O) groups excluding carboxylic acids is 1. The van der Waals surface area contributed by atoms with Crippen LogP contribution in [-0.4, -0.2) is 46.7 Å². The Balaban J connectivity index is 0.00000316. The molecule has 1 amide bonds. The van der Waals surface area contributed by atoms with Gasteiger partial charge in [-0.05, 0) is 61.5 Å². The molecule has 43 heavy (non-hydrogen) atoms. The van der Waals surface area contributed by atoms with Crippen molar-refractivity contribution < 1.29 is 22.7 Å². The summed E-state index contributed by atoms with van der Waals surface area (Å²) in [4.78, 5) is 28.2. The fourth-order valence-electron chi connectivity index (χ4n) is 4.40. The first-order valence-corrected chi connectivity index (χ1v) is 14.8. The lowest BCUT2D eigenvalue weighted by atomic mass is 9.99. The molecular weight excluding hydrogens is 581 g/mol. The molecule has 0 aliphatic carbocycles. The first-order valence-electron chi connectivity index (χ1n) is 14.5. The van der Waals surface area contributed by atoms with Gasteiger partial charge in [-0.25, -0.2) is 9.97 Å². The van der Waals surface area contributed by atoms with Crippen molar-refractivity contribution in [2.24, 2.45) is 4.99 Å². The van der Waals surface area contributed by atoms with E-state index in [-0.39, 0.29) is 35.9 Å². The maximum absolute atomic E-state index is 13.5. The average Bonchev–Trinajstić information content (AvgIpc) is 2.98. The molecule has 0 radical (unpaired) electrons. The second-order valence-electron chi connectivity index (χ2n) is 9.83. The van der Waals surface area contributed by atoms with Gasteiger partial charge in [0.25, 0.3) is 5.91 Å². The molecular formula is C31H42ClF3N6O2. The summed E-state index contributed by atoms with van der Waals surface area (Å²) < 4.78 is 45.1. The number of nitrogens with two attached hydrogens (primary N) is 1. The first kappa shape index (κ1) is 35.6. The van der Waals surface area contributed by atoms with Crippen molar-refractivity contribution in [3.8, 4) is 0 Å². The van der Waals surface area contributed by atoms with Crippen LogP contribution in [0.1, 0.15) is 76.3 Å². The Kier molecular flexibility index (Phi) is 14.0. The number of nitrogens with zero attached hydrogens (tertiary/aromatic N) is 4. The highest BCUT2D eigenvalue weighted by Crippen LogP contribution is 2.32. The normalized spacial score (nSPS) is 14.6. The van der Waals surface area contributed by atoms with Crippen LogP contribution in [0.2, 0.25) is 5.28 Å². The van der Waals surface area contributed by atoms with E-state index in [2.05, 4.69) is 20.3 Å². The molecule has 8 nitrogen and oxygen atoms in total. The van der Waals surface area contributed by atoms with E-state index >= 15 is 0 Å². The summed E-state index contributed by atoms with van der Waals surface area (Å²) in [5.41, 5.74) is 7.38. The highest BCUT2D eigenvalue weighted by molar-refractivity contribution is 6.28. The minimum absolute atomic E-state index is 0.0460. The Morgan fingerprint density at radius 2 is 1.98 bits per heavy atom. The Morgan fingerprint density at radius 3 is 2.60 bits per heavy atom. The van der Waals surface area contributed by atoms with Gasteiger partial charge in [0.15, 0.2) is 0 Å². The van der Waals surface area contributed by atoms with E-state index in [4.69, 9.17) is 22.1 Å². The average molecular weight is 623 g/mol. The van der Waals surface area contributed by atoms with Crippen LogP contribution in [0.3, 0.4) is 0 Å². The van der Waals surface area contributed by atoms with Gasteiger partial charge in [0.1, 0.15) is 11.6 Å². The lowest BCUT2D eigenvalue weighted by Gasteiger charge is -2.30. The number of rotatable bonds is 11. The quantitative estimate of drug-likeness (QED) is 0.0890. The van der Waals surface area contributed by atoms with Crippen LogP contribution in [0.4, 0.5) is 24.7 Å². The van der Waals surface area contributed by atoms with Crippen LogP contribution in [0, 0.1) is 0 Å². The SMILES string of the molecule is CC.CCC/C=C(/C=N/C=C(\C)OC)C(=O)N1CCc2nc(Cl)nc(NC(CC)Cc3cc(N)cc(C(F)(F)F)c3)c2C1. The van der Waals surface area contributed by atoms with Crippen molar-refractivity contribution in [1.82, 2.24) is 14.9 Å². The van der Waals surface area contributed by atoms with Gasteiger partial charge in [-0.1, -0.05) is 40.2 Å². The predicted molar refractivity (Wildman–Crippen MR) is 167 cm³/mol. The van der Waals surface area contributed by atoms with Crippen molar-refractivity contribution >= 4 is 35.2 Å². The second-order valence-corrected chi connectivity index (χ2v) is 10.2. The molecule has 12 heteroatoms. The third-order valence-electron chi connectivity index (χ3n) is 6.67. The fraction of sp³-hybridized carbons (Fsp3) is 0.484. The van der Waals surface area contributed by atoms with Gasteiger partial charge in [-0.3, -0.25) is 9.79 Å². The molecule has 0 saturated carbocycles. The van der Waals surface area contributed by atoms with Crippen LogP contribution in [0.5, 0.6) is 0 Å². The number of hydrogen-bond acceptors (Lipinski definition) is 7. The molecule has 236 valence electrons. The molecule has 0 spiro atoms. The molecule has 1 aromatic heterocycles. The lowest BCUT2D eigenvalue weighted by molar-refractivity contribution is -0.137. The standard InChI is InChI=1S/C29H36ClF3N6O2.C2H6/c1-5-7-8-20(16-35-15-18(3)41-4)27(40)39-10-9-25-24(17-39)26(38-28(30)37-25)36-23(6-2)13-19-11-21(29(31,32)33)14-22(34)12-19;1-2/h8,11-12,14-16,23H,5-7,9-10,13,17,34H2,1-4H3,(H,36,37,38);1-2H3/b18-15+,20-8-,35-16+;. The first-order chi connectivity index (χ1) is 20.4. The molecule has 0 bridgehead atoms. The van der Waals surface area contributed by atoms with Crippen LogP contribution < -0.4 is 11.1 Å². The van der Waals surface area contributed by atoms with Gasteiger partial charge in [-0.15, -0.1) is 0 Å². The Morgan fingerprint density at radius 1 is 1.26 bits per heavy atom. The largest absolute Gasteiger partial charge is 0.500 e. The minimum atomic E-state index is -4.50. The third-order valence-corrected chi connectivity index (χ3v) is 6.84. The number of fused-ring (bicyclic) bond motifs is 1. The number of allylic oxidation sites excluding steroid dienone is 2. The van der Waals surface area contributed by atoms with Gasteiger partial charge < -0.3 is 20.7 Å². The van der Waals surface area contributed by atoms with Crippen molar-refractivity contribution in [3.05, 3.63) is 69.5 Å². The summed E-state index contributed by atoms with van der Waals surface area (Å²) in [6.07, 6.45) is 3.36. The predicted octanol–water partition coefficient (Wildman–Crippen LogP) is 7.38. The summed E-state index contributed by atoms with van der Waals surface area (Å²) in [6, 6.07) is 3.30. The number of nitrogen functional groups attached to an aromatic ring is 1. The molecule has 1 unspecified atom stereocenters. The van der Waals surface area contributed by atoms with Crippen LogP contribution in [0.15, 0.2) is 46.8 Å². The number of hydrogen-bond donors (Lipinski definition) is 2. The minimum Gasteiger partial charge on any atom is -0.500 e. The number of alkyl halides is 3. The number of methoxy groups -OCH3 is 1. The van der Waals surface area contributed by atoms with Crippen LogP contribution >= 0.6 is 11.6 Å². The van der Waals surface area contributed by atoms with E-state index < -0.39 is 11.7 Å².